The predicted molar refractivity (Wildman–Crippen MR) is 102 cm³/mol. The summed E-state index contributed by atoms with van der Waals surface area (Å²) in [6, 6.07) is 10.8. The molecule has 154 valence electrons. The van der Waals surface area contributed by atoms with Gasteiger partial charge >= 0.3 is 12.2 Å². The van der Waals surface area contributed by atoms with Gasteiger partial charge in [-0.15, -0.1) is 0 Å². The number of hydrogen-bond donors (Lipinski definition) is 1. The normalized spacial score (nSPS) is 17.0. The van der Waals surface area contributed by atoms with Crippen molar-refractivity contribution >= 4 is 17.5 Å². The van der Waals surface area contributed by atoms with E-state index in [9.17, 15) is 22.8 Å². The number of ketones is 1. The Balaban J connectivity index is 1.65. The molecule has 8 heteroatoms. The highest BCUT2D eigenvalue weighted by Crippen LogP contribution is 2.30. The Bertz CT molecular complexity index is 881. The number of nitrogens with zero attached hydrogens (tertiary/aromatic N) is 1. The molecule has 5 nitrogen and oxygen atoms in total. The van der Waals surface area contributed by atoms with Crippen molar-refractivity contribution in [1.29, 1.82) is 0 Å². The molecule has 0 aliphatic carbocycles. The number of carbonyl (C=O) groups excluding carboxylic acids is 2. The quantitative estimate of drug-likeness (QED) is 0.739. The number of piperidine rings is 1. The van der Waals surface area contributed by atoms with E-state index in [1.54, 1.807) is 29.2 Å². The number of halogens is 3. The van der Waals surface area contributed by atoms with Crippen LogP contribution in [0.25, 0.3) is 0 Å². The van der Waals surface area contributed by atoms with Crippen LogP contribution in [-0.2, 0) is 6.18 Å². The summed E-state index contributed by atoms with van der Waals surface area (Å²) in [6.45, 7) is 0.724. The molecule has 1 aliphatic heterocycles. The number of likely N-dealkylation sites (tertiary alicyclic amines) is 1. The van der Waals surface area contributed by atoms with Crippen LogP contribution in [0.4, 0.5) is 23.7 Å². The second-order valence-electron chi connectivity index (χ2n) is 6.89. The van der Waals surface area contributed by atoms with Gasteiger partial charge in [-0.2, -0.15) is 13.2 Å². The highest BCUT2D eigenvalue weighted by atomic mass is 19.4. The maximum atomic E-state index is 12.7. The van der Waals surface area contributed by atoms with E-state index in [4.69, 9.17) is 4.74 Å². The molecule has 2 aromatic rings. The van der Waals surface area contributed by atoms with Crippen LogP contribution in [0.5, 0.6) is 5.75 Å². The lowest BCUT2D eigenvalue weighted by Gasteiger charge is -2.32. The Morgan fingerprint density at radius 2 is 1.86 bits per heavy atom. The van der Waals surface area contributed by atoms with Gasteiger partial charge in [-0.05, 0) is 37.1 Å². The Kier molecular flexibility index (Phi) is 6.10. The molecular formula is C21H21F3N2O3. The van der Waals surface area contributed by atoms with Crippen LogP contribution in [0.2, 0.25) is 0 Å². The molecule has 1 N–H and O–H groups in total. The number of nitrogens with one attached hydrogen (secondary N) is 1. The first-order valence-corrected chi connectivity index (χ1v) is 9.19. The van der Waals surface area contributed by atoms with Crippen LogP contribution in [0, 0.1) is 5.92 Å². The number of hydrogen-bond acceptors (Lipinski definition) is 3. The van der Waals surface area contributed by atoms with E-state index in [0.29, 0.717) is 30.8 Å². The average molecular weight is 406 g/mol. The summed E-state index contributed by atoms with van der Waals surface area (Å²) in [5.41, 5.74) is 0.000538. The lowest BCUT2D eigenvalue weighted by atomic mass is 9.90. The Morgan fingerprint density at radius 1 is 1.14 bits per heavy atom. The second kappa shape index (κ2) is 8.55. The molecule has 2 aromatic carbocycles. The standard InChI is InChI=1S/C21H21F3N2O3/c1-29-18-6-2-5-17(12-18)25-20(28)26-11-3-4-15(13-26)19(27)14-7-9-16(10-8-14)21(22,23)24/h2,5-10,12,15H,3-4,11,13H2,1H3,(H,25,28)/t15-/m0/s1. The molecular weight excluding hydrogens is 385 g/mol. The van der Waals surface area contributed by atoms with Crippen molar-refractivity contribution in [2.24, 2.45) is 5.92 Å². The van der Waals surface area contributed by atoms with Crippen molar-refractivity contribution < 1.29 is 27.5 Å². The fraction of sp³-hybridized carbons (Fsp3) is 0.333. The zero-order valence-corrected chi connectivity index (χ0v) is 15.8. The molecule has 0 spiro atoms. The number of anilines is 1. The molecule has 1 heterocycles. The van der Waals surface area contributed by atoms with Gasteiger partial charge in [-0.3, -0.25) is 4.79 Å². The molecule has 3 rings (SSSR count). The van der Waals surface area contributed by atoms with Crippen LogP contribution in [0.1, 0.15) is 28.8 Å². The summed E-state index contributed by atoms with van der Waals surface area (Å²) < 4.78 is 43.2. The molecule has 29 heavy (non-hydrogen) atoms. The van der Waals surface area contributed by atoms with Crippen LogP contribution in [0.3, 0.4) is 0 Å². The highest BCUT2D eigenvalue weighted by Gasteiger charge is 2.32. The van der Waals surface area contributed by atoms with E-state index in [1.165, 1.54) is 19.2 Å². The minimum Gasteiger partial charge on any atom is -0.497 e. The van der Waals surface area contributed by atoms with Crippen molar-refractivity contribution in [3.63, 3.8) is 0 Å². The number of urea groups is 1. The van der Waals surface area contributed by atoms with Crippen LogP contribution in [-0.4, -0.2) is 36.9 Å². The van der Waals surface area contributed by atoms with Gasteiger partial charge in [0.2, 0.25) is 0 Å². The van der Waals surface area contributed by atoms with Crippen molar-refractivity contribution in [3.8, 4) is 5.75 Å². The topological polar surface area (TPSA) is 58.6 Å². The van der Waals surface area contributed by atoms with Gasteiger partial charge in [-0.1, -0.05) is 18.2 Å². The summed E-state index contributed by atoms with van der Waals surface area (Å²) in [5, 5.41) is 2.78. The number of methoxy groups -OCH3 is 1. The van der Waals surface area contributed by atoms with Crippen LogP contribution in [0.15, 0.2) is 48.5 Å². The first-order chi connectivity index (χ1) is 13.8. The van der Waals surface area contributed by atoms with Crippen LogP contribution >= 0.6 is 0 Å². The SMILES string of the molecule is COc1cccc(NC(=O)N2CCC[C@H](C(=O)c3ccc(C(F)(F)F)cc3)C2)c1. The zero-order chi connectivity index (χ0) is 21.0. The molecule has 0 aromatic heterocycles. The van der Waals surface area contributed by atoms with Gasteiger partial charge < -0.3 is 15.0 Å². The first-order valence-electron chi connectivity index (χ1n) is 9.19. The maximum absolute atomic E-state index is 12.7. The van der Waals surface area contributed by atoms with Gasteiger partial charge in [0, 0.05) is 36.3 Å². The zero-order valence-electron chi connectivity index (χ0n) is 15.8. The van der Waals surface area contributed by atoms with E-state index in [-0.39, 0.29) is 23.9 Å². The number of alkyl halides is 3. The highest BCUT2D eigenvalue weighted by molar-refractivity contribution is 5.98. The third-order valence-corrected chi connectivity index (χ3v) is 4.90. The summed E-state index contributed by atoms with van der Waals surface area (Å²) in [5.74, 6) is -0.0917. The third kappa shape index (κ3) is 5.07. The lowest BCUT2D eigenvalue weighted by molar-refractivity contribution is -0.137. The molecule has 1 saturated heterocycles. The molecule has 2 amide bonds. The molecule has 1 fully saturated rings. The Labute approximate surface area is 166 Å². The van der Waals surface area contributed by atoms with Crippen molar-refractivity contribution in [1.82, 2.24) is 4.90 Å². The Hall–Kier alpha value is -3.03. The molecule has 0 bridgehead atoms. The van der Waals surface area contributed by atoms with E-state index in [2.05, 4.69) is 5.32 Å². The third-order valence-electron chi connectivity index (χ3n) is 4.90. The van der Waals surface area contributed by atoms with Gasteiger partial charge in [0.1, 0.15) is 5.75 Å². The predicted octanol–water partition coefficient (Wildman–Crippen LogP) is 4.84. The van der Waals surface area contributed by atoms with Gasteiger partial charge in [0.15, 0.2) is 5.78 Å². The van der Waals surface area contributed by atoms with Crippen molar-refractivity contribution in [2.75, 3.05) is 25.5 Å². The smallest absolute Gasteiger partial charge is 0.416 e. The first kappa shape index (κ1) is 20.7. The van der Waals surface area contributed by atoms with E-state index in [1.807, 2.05) is 0 Å². The monoisotopic (exact) mass is 406 g/mol. The second-order valence-corrected chi connectivity index (χ2v) is 6.89. The molecule has 0 radical (unpaired) electrons. The number of Topliss-reactive ketones (excluding diaryl/α,β-unsaturated/α-hetero) is 1. The van der Waals surface area contributed by atoms with E-state index < -0.39 is 17.7 Å². The van der Waals surface area contributed by atoms with Crippen molar-refractivity contribution in [3.05, 3.63) is 59.7 Å². The van der Waals surface area contributed by atoms with E-state index >= 15 is 0 Å². The number of ether oxygens (including phenoxy) is 1. The van der Waals surface area contributed by atoms with Crippen molar-refractivity contribution in [2.45, 2.75) is 19.0 Å². The van der Waals surface area contributed by atoms with Gasteiger partial charge in [0.05, 0.1) is 12.7 Å². The summed E-state index contributed by atoms with van der Waals surface area (Å²) in [7, 11) is 1.53. The van der Waals surface area contributed by atoms with E-state index in [0.717, 1.165) is 12.1 Å². The molecule has 1 atom stereocenters. The summed E-state index contributed by atoms with van der Waals surface area (Å²) >= 11 is 0. The number of rotatable bonds is 4. The van der Waals surface area contributed by atoms with Gasteiger partial charge in [-0.25, -0.2) is 4.79 Å². The van der Waals surface area contributed by atoms with Crippen LogP contribution < -0.4 is 10.1 Å². The largest absolute Gasteiger partial charge is 0.497 e. The number of amides is 2. The molecule has 1 aliphatic rings. The van der Waals surface area contributed by atoms with Gasteiger partial charge in [0.25, 0.3) is 0 Å². The summed E-state index contributed by atoms with van der Waals surface area (Å²) in [6.07, 6.45) is -3.22. The summed E-state index contributed by atoms with van der Waals surface area (Å²) in [4.78, 5) is 26.8. The maximum Gasteiger partial charge on any atom is 0.416 e. The Morgan fingerprint density at radius 3 is 2.52 bits per heavy atom. The minimum atomic E-state index is -4.44. The fourth-order valence-corrected chi connectivity index (χ4v) is 3.34. The number of carbonyl (C=O) groups is 2. The minimum absolute atomic E-state index is 0.218. The fourth-order valence-electron chi connectivity index (χ4n) is 3.34. The number of benzene rings is 2. The molecule has 0 saturated carbocycles. The lowest BCUT2D eigenvalue weighted by Crippen LogP contribution is -2.44. The molecule has 0 unspecified atom stereocenters. The average Bonchev–Trinajstić information content (AvgIpc) is 2.73.